The van der Waals surface area contributed by atoms with Gasteiger partial charge >= 0.3 is 5.97 Å². The molecule has 0 unspecified atom stereocenters. The first-order valence-electron chi connectivity index (χ1n) is 6.19. The summed E-state index contributed by atoms with van der Waals surface area (Å²) in [7, 11) is 0. The summed E-state index contributed by atoms with van der Waals surface area (Å²) in [6.45, 7) is 7.01. The van der Waals surface area contributed by atoms with Gasteiger partial charge in [-0.3, -0.25) is 4.79 Å². The Morgan fingerprint density at radius 3 is 2.29 bits per heavy atom. The molecule has 1 aromatic rings. The number of rotatable bonds is 3. The van der Waals surface area contributed by atoms with E-state index in [0.717, 1.165) is 10.7 Å². The minimum absolute atomic E-state index is 0.269. The monoisotopic (exact) mass is 627 g/mol. The van der Waals surface area contributed by atoms with Crippen LogP contribution in [-0.4, -0.2) is 23.5 Å². The number of amides is 1. The predicted molar refractivity (Wildman–Crippen MR) is 107 cm³/mol. The first kappa shape index (κ1) is 19.4. The smallest absolute Gasteiger partial charge is 0.328 e. The molecule has 0 bridgehead atoms. The van der Waals surface area contributed by atoms with Gasteiger partial charge in [0.1, 0.15) is 11.6 Å². The Labute approximate surface area is 165 Å². The van der Waals surface area contributed by atoms with E-state index < -0.39 is 17.6 Å². The molecule has 4 nitrogen and oxygen atoms in total. The molecular formula is C14H16I3NO3. The highest BCUT2D eigenvalue weighted by molar-refractivity contribution is 14.1. The molecule has 0 aromatic heterocycles. The fourth-order valence-corrected chi connectivity index (χ4v) is 3.85. The number of nitrogens with one attached hydrogen (secondary N) is 1. The lowest BCUT2D eigenvalue weighted by Crippen LogP contribution is -2.42. The van der Waals surface area contributed by atoms with Crippen LogP contribution in [0.3, 0.4) is 0 Å². The zero-order chi connectivity index (χ0) is 16.4. The molecule has 0 aliphatic heterocycles. The molecule has 0 saturated heterocycles. The topological polar surface area (TPSA) is 55.4 Å². The number of carbonyl (C=O) groups is 2. The molecule has 0 heterocycles. The maximum absolute atomic E-state index is 12.3. The molecular weight excluding hydrogens is 611 g/mol. The summed E-state index contributed by atoms with van der Waals surface area (Å²) in [4.78, 5) is 24.2. The molecule has 1 amide bonds. The van der Waals surface area contributed by atoms with Crippen molar-refractivity contribution < 1.29 is 14.3 Å². The second kappa shape index (κ2) is 7.75. The summed E-state index contributed by atoms with van der Waals surface area (Å²) >= 11 is 6.49. The summed E-state index contributed by atoms with van der Waals surface area (Å²) in [5.74, 6) is -0.708. The second-order valence-electron chi connectivity index (χ2n) is 5.48. The van der Waals surface area contributed by atoms with Crippen LogP contribution < -0.4 is 5.32 Å². The SMILES string of the molecule is C[C@H](NC(=O)c1cc(I)cc(I)c1I)C(=O)OC(C)(C)C. The fourth-order valence-electron chi connectivity index (χ4n) is 1.44. The van der Waals surface area contributed by atoms with Gasteiger partial charge in [-0.05, 0) is 108 Å². The van der Waals surface area contributed by atoms with Crippen molar-refractivity contribution >= 4 is 79.6 Å². The minimum atomic E-state index is -0.692. The second-order valence-corrected chi connectivity index (χ2v) is 8.96. The third-order valence-electron chi connectivity index (χ3n) is 2.35. The highest BCUT2D eigenvalue weighted by atomic mass is 127. The average Bonchev–Trinajstić information content (AvgIpc) is 2.31. The van der Waals surface area contributed by atoms with E-state index in [2.05, 4.69) is 73.1 Å². The predicted octanol–water partition coefficient (Wildman–Crippen LogP) is 3.96. The van der Waals surface area contributed by atoms with Crippen molar-refractivity contribution in [2.24, 2.45) is 0 Å². The van der Waals surface area contributed by atoms with Crippen LogP contribution in [-0.2, 0) is 9.53 Å². The van der Waals surface area contributed by atoms with Crippen LogP contribution in [0.1, 0.15) is 38.1 Å². The molecule has 0 aliphatic rings. The molecule has 1 aromatic carbocycles. The van der Waals surface area contributed by atoms with Crippen molar-refractivity contribution in [2.45, 2.75) is 39.3 Å². The number of esters is 1. The first-order chi connectivity index (χ1) is 9.51. The lowest BCUT2D eigenvalue weighted by Gasteiger charge is -2.22. The zero-order valence-corrected chi connectivity index (χ0v) is 18.6. The quantitative estimate of drug-likeness (QED) is 0.314. The van der Waals surface area contributed by atoms with Gasteiger partial charge in [-0.1, -0.05) is 0 Å². The average molecular weight is 627 g/mol. The van der Waals surface area contributed by atoms with Gasteiger partial charge < -0.3 is 10.1 Å². The molecule has 0 fully saturated rings. The molecule has 0 spiro atoms. The van der Waals surface area contributed by atoms with E-state index in [1.165, 1.54) is 0 Å². The fraction of sp³-hybridized carbons (Fsp3) is 0.429. The van der Waals surface area contributed by atoms with E-state index in [-0.39, 0.29) is 5.91 Å². The van der Waals surface area contributed by atoms with Gasteiger partial charge in [-0.2, -0.15) is 0 Å². The Balaban J connectivity index is 2.85. The Morgan fingerprint density at radius 1 is 1.19 bits per heavy atom. The summed E-state index contributed by atoms with van der Waals surface area (Å²) in [6.07, 6.45) is 0. The van der Waals surface area contributed by atoms with Gasteiger partial charge in [0.05, 0.1) is 5.56 Å². The van der Waals surface area contributed by atoms with Crippen LogP contribution in [0.15, 0.2) is 12.1 Å². The van der Waals surface area contributed by atoms with Crippen LogP contribution in [0.2, 0.25) is 0 Å². The maximum atomic E-state index is 12.3. The molecule has 0 saturated carbocycles. The van der Waals surface area contributed by atoms with E-state index in [1.807, 2.05) is 12.1 Å². The number of hydrogen-bond donors (Lipinski definition) is 1. The summed E-state index contributed by atoms with van der Waals surface area (Å²) in [5.41, 5.74) is 0.00412. The van der Waals surface area contributed by atoms with Crippen LogP contribution >= 0.6 is 67.8 Å². The molecule has 116 valence electrons. The van der Waals surface area contributed by atoms with Gasteiger partial charge in [0, 0.05) is 10.7 Å². The molecule has 21 heavy (non-hydrogen) atoms. The van der Waals surface area contributed by atoms with Crippen LogP contribution in [0.4, 0.5) is 0 Å². The molecule has 0 radical (unpaired) electrons. The molecule has 1 atom stereocenters. The lowest BCUT2D eigenvalue weighted by atomic mass is 10.2. The summed E-state index contributed by atoms with van der Waals surface area (Å²) < 4.78 is 8.12. The van der Waals surface area contributed by atoms with Gasteiger partial charge in [0.2, 0.25) is 0 Å². The van der Waals surface area contributed by atoms with Gasteiger partial charge in [-0.25, -0.2) is 4.79 Å². The lowest BCUT2D eigenvalue weighted by molar-refractivity contribution is -0.156. The zero-order valence-electron chi connectivity index (χ0n) is 12.1. The van der Waals surface area contributed by atoms with Crippen molar-refractivity contribution in [3.63, 3.8) is 0 Å². The third-order valence-corrected chi connectivity index (χ3v) is 6.01. The van der Waals surface area contributed by atoms with E-state index in [0.29, 0.717) is 5.56 Å². The molecule has 0 aliphatic carbocycles. The van der Waals surface area contributed by atoms with E-state index in [9.17, 15) is 9.59 Å². The normalized spacial score (nSPS) is 12.7. The standard InChI is InChI=1S/C14H16I3NO3/c1-7(13(20)21-14(2,3)4)18-12(19)9-5-8(15)6-10(16)11(9)17/h5-7H,1-4H3,(H,18,19)/t7-/m0/s1. The maximum Gasteiger partial charge on any atom is 0.328 e. The highest BCUT2D eigenvalue weighted by Crippen LogP contribution is 2.23. The Hall–Kier alpha value is 0.350. The Morgan fingerprint density at radius 2 is 1.76 bits per heavy atom. The number of halogens is 3. The number of ether oxygens (including phenoxy) is 1. The van der Waals surface area contributed by atoms with E-state index >= 15 is 0 Å². The first-order valence-corrected chi connectivity index (χ1v) is 9.43. The van der Waals surface area contributed by atoms with Crippen molar-refractivity contribution in [3.05, 3.63) is 28.4 Å². The minimum Gasteiger partial charge on any atom is -0.458 e. The van der Waals surface area contributed by atoms with E-state index in [4.69, 9.17) is 4.74 Å². The van der Waals surface area contributed by atoms with Gasteiger partial charge in [0.15, 0.2) is 0 Å². The van der Waals surface area contributed by atoms with Crippen molar-refractivity contribution in [2.75, 3.05) is 0 Å². The largest absolute Gasteiger partial charge is 0.458 e. The van der Waals surface area contributed by atoms with Crippen LogP contribution in [0.5, 0.6) is 0 Å². The Kier molecular flexibility index (Phi) is 7.16. The van der Waals surface area contributed by atoms with Crippen molar-refractivity contribution in [3.8, 4) is 0 Å². The van der Waals surface area contributed by atoms with Crippen LogP contribution in [0, 0.1) is 10.7 Å². The van der Waals surface area contributed by atoms with Crippen LogP contribution in [0.25, 0.3) is 0 Å². The van der Waals surface area contributed by atoms with Crippen molar-refractivity contribution in [1.29, 1.82) is 0 Å². The van der Waals surface area contributed by atoms with Gasteiger partial charge in [0.25, 0.3) is 5.91 Å². The number of benzene rings is 1. The molecule has 1 N–H and O–H groups in total. The van der Waals surface area contributed by atoms with Gasteiger partial charge in [-0.15, -0.1) is 0 Å². The Bertz CT molecular complexity index is 567. The molecule has 7 heteroatoms. The highest BCUT2D eigenvalue weighted by Gasteiger charge is 2.24. The van der Waals surface area contributed by atoms with E-state index in [1.54, 1.807) is 27.7 Å². The summed E-state index contributed by atoms with van der Waals surface area (Å²) in [5, 5.41) is 2.69. The number of hydrogen-bond acceptors (Lipinski definition) is 3. The number of carbonyl (C=O) groups excluding carboxylic acids is 2. The third kappa shape index (κ3) is 6.16. The molecule has 1 rings (SSSR count). The summed E-state index contributed by atoms with van der Waals surface area (Å²) in [6, 6.07) is 3.11. The van der Waals surface area contributed by atoms with Crippen molar-refractivity contribution in [1.82, 2.24) is 5.32 Å².